The molecule has 0 aliphatic heterocycles. The fourth-order valence-electron chi connectivity index (χ4n) is 0.938. The van der Waals surface area contributed by atoms with Gasteiger partial charge in [0.15, 0.2) is 0 Å². The highest BCUT2D eigenvalue weighted by Crippen LogP contribution is 2.11. The Kier molecular flexibility index (Phi) is 6.38. The SMILES string of the molecule is C=CC[C](O)C(=C)NC(=O)C(=C)C=C(C)C(=O)O. The van der Waals surface area contributed by atoms with Gasteiger partial charge in [-0.2, -0.15) is 0 Å². The summed E-state index contributed by atoms with van der Waals surface area (Å²) in [5.41, 5.74) is -0.0232. The van der Waals surface area contributed by atoms with Gasteiger partial charge >= 0.3 is 5.97 Å². The van der Waals surface area contributed by atoms with Gasteiger partial charge < -0.3 is 15.5 Å². The summed E-state index contributed by atoms with van der Waals surface area (Å²) in [6.07, 6.45) is 2.64. The van der Waals surface area contributed by atoms with Crippen molar-refractivity contribution in [3.8, 4) is 0 Å². The maximum Gasteiger partial charge on any atom is 0.331 e. The summed E-state index contributed by atoms with van der Waals surface area (Å²) in [5.74, 6) is -1.76. The molecule has 3 N–H and O–H groups in total. The largest absolute Gasteiger partial charge is 0.478 e. The number of aliphatic hydroxyl groups is 1. The lowest BCUT2D eigenvalue weighted by Gasteiger charge is -2.12. The molecule has 0 aromatic carbocycles. The molecule has 97 valence electrons. The fourth-order valence-corrected chi connectivity index (χ4v) is 0.938. The van der Waals surface area contributed by atoms with Gasteiger partial charge in [0, 0.05) is 23.3 Å². The van der Waals surface area contributed by atoms with E-state index in [1.54, 1.807) is 0 Å². The Hall–Kier alpha value is -2.14. The zero-order valence-corrected chi connectivity index (χ0v) is 10.2. The van der Waals surface area contributed by atoms with Crippen molar-refractivity contribution >= 4 is 11.9 Å². The topological polar surface area (TPSA) is 86.6 Å². The van der Waals surface area contributed by atoms with E-state index in [4.69, 9.17) is 5.11 Å². The monoisotopic (exact) mass is 250 g/mol. The Bertz CT molecular complexity index is 421. The Balaban J connectivity index is 4.55. The first kappa shape index (κ1) is 15.9. The summed E-state index contributed by atoms with van der Waals surface area (Å²) >= 11 is 0. The van der Waals surface area contributed by atoms with E-state index in [9.17, 15) is 14.7 Å². The Labute approximate surface area is 106 Å². The molecule has 5 nitrogen and oxygen atoms in total. The van der Waals surface area contributed by atoms with E-state index >= 15 is 0 Å². The lowest BCUT2D eigenvalue weighted by Crippen LogP contribution is -2.26. The van der Waals surface area contributed by atoms with Gasteiger partial charge in [0.2, 0.25) is 0 Å². The standard InChI is InChI=1S/C13H16NO4/c1-5-6-11(15)10(4)14-12(16)8(2)7-9(3)13(17)18/h5,7,15H,1-2,4,6H2,3H3,(H,14,16)(H,17,18). The van der Waals surface area contributed by atoms with Crippen molar-refractivity contribution in [1.82, 2.24) is 5.32 Å². The van der Waals surface area contributed by atoms with E-state index in [-0.39, 0.29) is 29.4 Å². The van der Waals surface area contributed by atoms with Crippen LogP contribution in [0.5, 0.6) is 0 Å². The van der Waals surface area contributed by atoms with E-state index in [2.05, 4.69) is 25.1 Å². The molecule has 5 heteroatoms. The number of hydrogen-bond donors (Lipinski definition) is 3. The zero-order valence-electron chi connectivity index (χ0n) is 10.2. The number of carbonyl (C=O) groups excluding carboxylic acids is 1. The number of aliphatic hydroxyl groups excluding tert-OH is 1. The lowest BCUT2D eigenvalue weighted by atomic mass is 10.1. The maximum atomic E-state index is 11.6. The van der Waals surface area contributed by atoms with Crippen LogP contribution >= 0.6 is 0 Å². The summed E-state index contributed by atoms with van der Waals surface area (Å²) in [6.45, 7) is 11.7. The average Bonchev–Trinajstić information content (AvgIpc) is 2.28. The van der Waals surface area contributed by atoms with Crippen molar-refractivity contribution in [1.29, 1.82) is 0 Å². The van der Waals surface area contributed by atoms with Crippen molar-refractivity contribution < 1.29 is 19.8 Å². The highest BCUT2D eigenvalue weighted by molar-refractivity contribution is 5.99. The van der Waals surface area contributed by atoms with E-state index in [0.717, 1.165) is 6.08 Å². The van der Waals surface area contributed by atoms with E-state index < -0.39 is 11.9 Å². The minimum atomic E-state index is -1.14. The van der Waals surface area contributed by atoms with Crippen molar-refractivity contribution in [3.05, 3.63) is 54.8 Å². The molecular weight excluding hydrogens is 234 g/mol. The van der Waals surface area contributed by atoms with Gasteiger partial charge in [0.25, 0.3) is 5.91 Å². The van der Waals surface area contributed by atoms with Crippen LogP contribution in [0.25, 0.3) is 0 Å². The molecule has 0 aliphatic carbocycles. The smallest absolute Gasteiger partial charge is 0.331 e. The van der Waals surface area contributed by atoms with Crippen LogP contribution in [0, 0.1) is 6.10 Å². The van der Waals surface area contributed by atoms with E-state index in [0.29, 0.717) is 0 Å². The maximum absolute atomic E-state index is 11.6. The summed E-state index contributed by atoms with van der Waals surface area (Å²) in [4.78, 5) is 22.1. The molecular formula is C13H16NO4. The second-order valence-electron chi connectivity index (χ2n) is 3.53. The number of carboxylic acids is 1. The van der Waals surface area contributed by atoms with Gasteiger partial charge in [0.05, 0.1) is 0 Å². The molecule has 0 heterocycles. The number of aliphatic carboxylic acids is 1. The molecule has 0 saturated carbocycles. The van der Waals surface area contributed by atoms with Gasteiger partial charge in [-0.15, -0.1) is 6.58 Å². The van der Waals surface area contributed by atoms with Gasteiger partial charge in [-0.25, -0.2) is 4.79 Å². The third kappa shape index (κ3) is 5.27. The van der Waals surface area contributed by atoms with Crippen molar-refractivity contribution in [3.63, 3.8) is 0 Å². The molecule has 0 saturated heterocycles. The van der Waals surface area contributed by atoms with Crippen LogP contribution in [-0.4, -0.2) is 22.1 Å². The van der Waals surface area contributed by atoms with Crippen LogP contribution in [0.1, 0.15) is 13.3 Å². The number of nitrogens with one attached hydrogen (secondary N) is 1. The predicted octanol–water partition coefficient (Wildman–Crippen LogP) is 1.68. The first-order chi connectivity index (χ1) is 8.29. The number of carbonyl (C=O) groups is 2. The Morgan fingerprint density at radius 1 is 1.28 bits per heavy atom. The zero-order chi connectivity index (χ0) is 14.3. The Morgan fingerprint density at radius 2 is 1.83 bits per heavy atom. The predicted molar refractivity (Wildman–Crippen MR) is 67.8 cm³/mol. The van der Waals surface area contributed by atoms with Crippen LogP contribution in [0.2, 0.25) is 0 Å². The quantitative estimate of drug-likeness (QED) is 0.364. The molecule has 0 fully saturated rings. The van der Waals surface area contributed by atoms with Gasteiger partial charge in [-0.1, -0.05) is 19.2 Å². The Morgan fingerprint density at radius 3 is 2.28 bits per heavy atom. The summed E-state index contributed by atoms with van der Waals surface area (Å²) < 4.78 is 0. The molecule has 0 aliphatic rings. The van der Waals surface area contributed by atoms with Gasteiger partial charge in [-0.3, -0.25) is 4.79 Å². The van der Waals surface area contributed by atoms with Crippen molar-refractivity contribution in [2.24, 2.45) is 0 Å². The van der Waals surface area contributed by atoms with Crippen LogP contribution in [0.15, 0.2) is 48.7 Å². The fraction of sp³-hybridized carbons (Fsp3) is 0.154. The van der Waals surface area contributed by atoms with Crippen molar-refractivity contribution in [2.75, 3.05) is 0 Å². The molecule has 0 aromatic heterocycles. The normalized spacial score (nSPS) is 10.9. The third-order valence-corrected chi connectivity index (χ3v) is 1.97. The molecule has 0 atom stereocenters. The van der Waals surface area contributed by atoms with Crippen LogP contribution in [0.3, 0.4) is 0 Å². The molecule has 0 spiro atoms. The number of rotatable bonds is 7. The second kappa shape index (κ2) is 7.24. The molecule has 1 radical (unpaired) electrons. The van der Waals surface area contributed by atoms with Gasteiger partial charge in [0.1, 0.15) is 6.10 Å². The first-order valence-corrected chi connectivity index (χ1v) is 5.06. The highest BCUT2D eigenvalue weighted by Gasteiger charge is 2.13. The molecule has 0 rings (SSSR count). The minimum Gasteiger partial charge on any atom is -0.478 e. The number of carboxylic acid groups (broad SMARTS) is 1. The first-order valence-electron chi connectivity index (χ1n) is 5.06. The number of amides is 1. The molecule has 18 heavy (non-hydrogen) atoms. The molecule has 0 unspecified atom stereocenters. The van der Waals surface area contributed by atoms with Crippen LogP contribution < -0.4 is 5.32 Å². The van der Waals surface area contributed by atoms with Gasteiger partial charge in [-0.05, 0) is 13.0 Å². The number of hydrogen-bond acceptors (Lipinski definition) is 3. The van der Waals surface area contributed by atoms with Crippen LogP contribution in [0.4, 0.5) is 0 Å². The average molecular weight is 250 g/mol. The van der Waals surface area contributed by atoms with Crippen LogP contribution in [-0.2, 0) is 9.59 Å². The molecule has 1 amide bonds. The third-order valence-electron chi connectivity index (χ3n) is 1.97. The summed E-state index contributed by atoms with van der Waals surface area (Å²) in [5, 5.41) is 20.4. The van der Waals surface area contributed by atoms with Crippen molar-refractivity contribution in [2.45, 2.75) is 13.3 Å². The molecule has 0 bridgehead atoms. The summed E-state index contributed by atoms with van der Waals surface area (Å²) in [6, 6.07) is 0. The van der Waals surface area contributed by atoms with E-state index in [1.165, 1.54) is 13.0 Å². The lowest BCUT2D eigenvalue weighted by molar-refractivity contribution is -0.132. The molecule has 0 aromatic rings. The minimum absolute atomic E-state index is 0.0138. The second-order valence-corrected chi connectivity index (χ2v) is 3.53. The highest BCUT2D eigenvalue weighted by atomic mass is 16.4. The summed E-state index contributed by atoms with van der Waals surface area (Å²) in [7, 11) is 0. The van der Waals surface area contributed by atoms with E-state index in [1.807, 2.05) is 0 Å².